The summed E-state index contributed by atoms with van der Waals surface area (Å²) in [5.74, 6) is 0.558. The van der Waals surface area contributed by atoms with Crippen molar-refractivity contribution in [2.45, 2.75) is 20.0 Å². The van der Waals surface area contributed by atoms with E-state index in [2.05, 4.69) is 5.32 Å². The van der Waals surface area contributed by atoms with Gasteiger partial charge in [0.15, 0.2) is 6.10 Å². The lowest BCUT2D eigenvalue weighted by Gasteiger charge is -2.17. The minimum Gasteiger partial charge on any atom is -0.480 e. The number of carbonyl (C=O) groups excluding carboxylic acids is 1. The summed E-state index contributed by atoms with van der Waals surface area (Å²) >= 11 is 0. The molecule has 0 heterocycles. The first-order valence-corrected chi connectivity index (χ1v) is 7.66. The van der Waals surface area contributed by atoms with Crippen molar-refractivity contribution in [1.82, 2.24) is 0 Å². The van der Waals surface area contributed by atoms with Gasteiger partial charge in [0.25, 0.3) is 5.91 Å². The van der Waals surface area contributed by atoms with Gasteiger partial charge in [-0.3, -0.25) is 4.79 Å². The topological polar surface area (TPSA) is 38.3 Å². The Morgan fingerprint density at radius 1 is 0.957 bits per heavy atom. The number of hydrogen-bond acceptors (Lipinski definition) is 2. The monoisotopic (exact) mass is 305 g/mol. The Morgan fingerprint density at radius 3 is 2.48 bits per heavy atom. The zero-order valence-corrected chi connectivity index (χ0v) is 13.2. The van der Waals surface area contributed by atoms with Crippen LogP contribution in [0, 0.1) is 6.92 Å². The average molecular weight is 305 g/mol. The molecule has 1 atom stereocenters. The molecule has 0 aliphatic heterocycles. The number of aryl methyl sites for hydroxylation is 1. The molecule has 0 aliphatic rings. The second-order valence-electron chi connectivity index (χ2n) is 5.54. The van der Waals surface area contributed by atoms with Gasteiger partial charge in [-0.05, 0) is 36.9 Å². The number of ether oxygens (including phenoxy) is 1. The fourth-order valence-electron chi connectivity index (χ4n) is 2.49. The van der Waals surface area contributed by atoms with E-state index in [-0.39, 0.29) is 5.91 Å². The molecule has 0 aliphatic carbocycles. The molecule has 0 unspecified atom stereocenters. The Morgan fingerprint density at radius 2 is 1.65 bits per heavy atom. The van der Waals surface area contributed by atoms with E-state index in [1.54, 1.807) is 6.92 Å². The highest BCUT2D eigenvalue weighted by Gasteiger charge is 2.16. The molecule has 3 aromatic rings. The number of hydrogen-bond donors (Lipinski definition) is 1. The van der Waals surface area contributed by atoms with Gasteiger partial charge >= 0.3 is 0 Å². The second-order valence-corrected chi connectivity index (χ2v) is 5.54. The summed E-state index contributed by atoms with van der Waals surface area (Å²) in [6.07, 6.45) is -0.583. The Bertz CT molecular complexity index is 836. The zero-order valence-electron chi connectivity index (χ0n) is 13.2. The van der Waals surface area contributed by atoms with Crippen LogP contribution in [0.25, 0.3) is 10.8 Å². The van der Waals surface area contributed by atoms with E-state index in [1.807, 2.05) is 73.7 Å². The van der Waals surface area contributed by atoms with Crippen LogP contribution in [-0.4, -0.2) is 12.0 Å². The first kappa shape index (κ1) is 15.1. The summed E-state index contributed by atoms with van der Waals surface area (Å²) in [5, 5.41) is 5.01. The number of para-hydroxylation sites is 1. The van der Waals surface area contributed by atoms with Crippen LogP contribution in [0.5, 0.6) is 5.75 Å². The van der Waals surface area contributed by atoms with Gasteiger partial charge in [-0.25, -0.2) is 0 Å². The molecule has 0 spiro atoms. The fourth-order valence-corrected chi connectivity index (χ4v) is 2.49. The Hall–Kier alpha value is -2.81. The number of fused-ring (bicyclic) bond motifs is 1. The highest BCUT2D eigenvalue weighted by molar-refractivity contribution is 5.95. The minimum absolute atomic E-state index is 0.160. The first-order valence-electron chi connectivity index (χ1n) is 7.66. The normalized spacial score (nSPS) is 11.9. The molecule has 0 radical (unpaired) electrons. The molecule has 0 saturated heterocycles. The molecule has 3 nitrogen and oxygen atoms in total. The predicted octanol–water partition coefficient (Wildman–Crippen LogP) is 4.55. The predicted molar refractivity (Wildman–Crippen MR) is 93.8 cm³/mol. The maximum Gasteiger partial charge on any atom is 0.265 e. The zero-order chi connectivity index (χ0) is 16.2. The number of rotatable bonds is 4. The maximum atomic E-state index is 12.4. The lowest BCUT2D eigenvalue weighted by Crippen LogP contribution is -2.30. The minimum atomic E-state index is -0.583. The standard InChI is InChI=1S/C20H19NO2/c1-14-8-3-6-12-18(14)21-20(22)15(2)23-19-13-7-10-16-9-4-5-11-17(16)19/h3-13,15H,1-2H3,(H,21,22)/t15-/m0/s1. The van der Waals surface area contributed by atoms with Crippen LogP contribution in [0.2, 0.25) is 0 Å². The van der Waals surface area contributed by atoms with E-state index in [0.29, 0.717) is 0 Å². The van der Waals surface area contributed by atoms with Crippen molar-refractivity contribution in [2.24, 2.45) is 0 Å². The molecular weight excluding hydrogens is 286 g/mol. The molecule has 116 valence electrons. The van der Waals surface area contributed by atoms with Crippen LogP contribution in [0.4, 0.5) is 5.69 Å². The number of nitrogens with one attached hydrogen (secondary N) is 1. The summed E-state index contributed by atoms with van der Waals surface area (Å²) in [4.78, 5) is 12.4. The fraction of sp³-hybridized carbons (Fsp3) is 0.150. The van der Waals surface area contributed by atoms with Crippen molar-refractivity contribution in [3.63, 3.8) is 0 Å². The Balaban J connectivity index is 1.77. The molecular formula is C20H19NO2. The third-order valence-electron chi connectivity index (χ3n) is 3.83. The smallest absolute Gasteiger partial charge is 0.265 e. The highest BCUT2D eigenvalue weighted by Crippen LogP contribution is 2.26. The molecule has 1 N–H and O–H groups in total. The molecule has 3 rings (SSSR count). The van der Waals surface area contributed by atoms with Crippen LogP contribution in [-0.2, 0) is 4.79 Å². The van der Waals surface area contributed by atoms with Crippen LogP contribution < -0.4 is 10.1 Å². The van der Waals surface area contributed by atoms with E-state index in [1.165, 1.54) is 0 Å². The summed E-state index contributed by atoms with van der Waals surface area (Å²) in [5.41, 5.74) is 1.84. The van der Waals surface area contributed by atoms with Crippen molar-refractivity contribution in [3.05, 3.63) is 72.3 Å². The maximum absolute atomic E-state index is 12.4. The number of amides is 1. The molecule has 0 fully saturated rings. The van der Waals surface area contributed by atoms with E-state index < -0.39 is 6.10 Å². The van der Waals surface area contributed by atoms with E-state index in [0.717, 1.165) is 27.8 Å². The Labute approximate surface area is 135 Å². The van der Waals surface area contributed by atoms with Crippen LogP contribution in [0.1, 0.15) is 12.5 Å². The van der Waals surface area contributed by atoms with E-state index in [4.69, 9.17) is 4.74 Å². The van der Waals surface area contributed by atoms with Gasteiger partial charge < -0.3 is 10.1 Å². The number of benzene rings is 3. The molecule has 0 aromatic heterocycles. The van der Waals surface area contributed by atoms with Crippen molar-refractivity contribution in [3.8, 4) is 5.75 Å². The third-order valence-corrected chi connectivity index (χ3v) is 3.83. The largest absolute Gasteiger partial charge is 0.480 e. The summed E-state index contributed by atoms with van der Waals surface area (Å²) in [6, 6.07) is 21.5. The van der Waals surface area contributed by atoms with Crippen LogP contribution in [0.3, 0.4) is 0 Å². The number of anilines is 1. The summed E-state index contributed by atoms with van der Waals surface area (Å²) in [6.45, 7) is 3.72. The van der Waals surface area contributed by atoms with Crippen molar-refractivity contribution < 1.29 is 9.53 Å². The van der Waals surface area contributed by atoms with Crippen molar-refractivity contribution in [2.75, 3.05) is 5.32 Å². The quantitative estimate of drug-likeness (QED) is 0.767. The second kappa shape index (κ2) is 6.53. The van der Waals surface area contributed by atoms with Crippen molar-refractivity contribution >= 4 is 22.4 Å². The van der Waals surface area contributed by atoms with Crippen LogP contribution in [0.15, 0.2) is 66.7 Å². The van der Waals surface area contributed by atoms with Gasteiger partial charge in [0.1, 0.15) is 5.75 Å². The van der Waals surface area contributed by atoms with E-state index >= 15 is 0 Å². The van der Waals surface area contributed by atoms with Crippen molar-refractivity contribution in [1.29, 1.82) is 0 Å². The third kappa shape index (κ3) is 3.34. The lowest BCUT2D eigenvalue weighted by atomic mass is 10.1. The molecule has 3 heteroatoms. The molecule has 1 amide bonds. The molecule has 0 bridgehead atoms. The van der Waals surface area contributed by atoms with Gasteiger partial charge in [-0.15, -0.1) is 0 Å². The average Bonchev–Trinajstić information content (AvgIpc) is 2.57. The Kier molecular flexibility index (Phi) is 4.29. The molecule has 0 saturated carbocycles. The first-order chi connectivity index (χ1) is 11.1. The van der Waals surface area contributed by atoms with E-state index in [9.17, 15) is 4.79 Å². The van der Waals surface area contributed by atoms with Crippen LogP contribution >= 0.6 is 0 Å². The summed E-state index contributed by atoms with van der Waals surface area (Å²) < 4.78 is 5.89. The van der Waals surface area contributed by atoms with Gasteiger partial charge in [0.05, 0.1) is 0 Å². The molecule has 3 aromatic carbocycles. The number of carbonyl (C=O) groups is 1. The SMILES string of the molecule is Cc1ccccc1NC(=O)[C@H](C)Oc1cccc2ccccc12. The van der Waals surface area contributed by atoms with Gasteiger partial charge in [0.2, 0.25) is 0 Å². The highest BCUT2D eigenvalue weighted by atomic mass is 16.5. The summed E-state index contributed by atoms with van der Waals surface area (Å²) in [7, 11) is 0. The van der Waals surface area contributed by atoms with Gasteiger partial charge in [0, 0.05) is 11.1 Å². The lowest BCUT2D eigenvalue weighted by molar-refractivity contribution is -0.122. The van der Waals surface area contributed by atoms with Gasteiger partial charge in [-0.1, -0.05) is 54.6 Å². The molecule has 23 heavy (non-hydrogen) atoms. The van der Waals surface area contributed by atoms with Gasteiger partial charge in [-0.2, -0.15) is 0 Å².